The number of carbonyl (C=O) groups excluding carboxylic acids is 1. The fourth-order valence-electron chi connectivity index (χ4n) is 2.01. The Morgan fingerprint density at radius 3 is 2.78 bits per heavy atom. The van der Waals surface area contributed by atoms with Crippen molar-refractivity contribution in [2.45, 2.75) is 6.92 Å². The second-order valence-electron chi connectivity index (χ2n) is 4.61. The Hall–Kier alpha value is -2.67. The molecule has 0 aliphatic heterocycles. The van der Waals surface area contributed by atoms with Crippen LogP contribution in [-0.4, -0.2) is 29.1 Å². The first kappa shape index (κ1) is 15.2. The Kier molecular flexibility index (Phi) is 4.68. The molecule has 118 valence electrons. The molecule has 1 N–H and O–H groups in total. The molecule has 2 aromatic heterocycles. The number of aromatic nitrogens is 2. The number of thiophene rings is 1. The van der Waals surface area contributed by atoms with Gasteiger partial charge in [-0.25, -0.2) is 9.97 Å². The Morgan fingerprint density at radius 1 is 1.17 bits per heavy atom. The summed E-state index contributed by atoms with van der Waals surface area (Å²) in [4.78, 5) is 21.0. The van der Waals surface area contributed by atoms with E-state index in [9.17, 15) is 4.79 Å². The number of fused-ring (bicyclic) bond motifs is 1. The van der Waals surface area contributed by atoms with Gasteiger partial charge in [-0.15, -0.1) is 11.3 Å². The molecule has 7 heteroatoms. The molecule has 0 aliphatic rings. The van der Waals surface area contributed by atoms with Gasteiger partial charge in [0.2, 0.25) is 5.88 Å². The van der Waals surface area contributed by atoms with E-state index >= 15 is 0 Å². The SMILES string of the molecule is CCOc1ccc(NC(=O)COc2ncnc3sccc23)cc1. The van der Waals surface area contributed by atoms with E-state index in [-0.39, 0.29) is 12.5 Å². The Bertz CT molecular complexity index is 802. The maximum Gasteiger partial charge on any atom is 0.262 e. The second kappa shape index (κ2) is 7.06. The zero-order chi connectivity index (χ0) is 16.1. The summed E-state index contributed by atoms with van der Waals surface area (Å²) in [6.45, 7) is 2.41. The Balaban J connectivity index is 1.58. The first-order valence-corrected chi connectivity index (χ1v) is 7.98. The van der Waals surface area contributed by atoms with E-state index < -0.39 is 0 Å². The van der Waals surface area contributed by atoms with Crippen LogP contribution in [0.5, 0.6) is 11.6 Å². The largest absolute Gasteiger partial charge is 0.494 e. The zero-order valence-electron chi connectivity index (χ0n) is 12.5. The van der Waals surface area contributed by atoms with Crippen molar-refractivity contribution in [3.63, 3.8) is 0 Å². The van der Waals surface area contributed by atoms with Crippen LogP contribution in [0.1, 0.15) is 6.92 Å². The molecule has 0 bridgehead atoms. The Morgan fingerprint density at radius 2 is 2.00 bits per heavy atom. The van der Waals surface area contributed by atoms with Crippen molar-refractivity contribution in [2.75, 3.05) is 18.5 Å². The summed E-state index contributed by atoms with van der Waals surface area (Å²) in [6, 6.07) is 9.05. The van der Waals surface area contributed by atoms with Gasteiger partial charge >= 0.3 is 0 Å². The van der Waals surface area contributed by atoms with E-state index in [1.165, 1.54) is 17.7 Å². The van der Waals surface area contributed by atoms with Gasteiger partial charge in [0.25, 0.3) is 5.91 Å². The average molecular weight is 329 g/mol. The van der Waals surface area contributed by atoms with Crippen LogP contribution in [0.3, 0.4) is 0 Å². The Labute approximate surface area is 137 Å². The van der Waals surface area contributed by atoms with Crippen molar-refractivity contribution >= 4 is 33.1 Å². The number of hydrogen-bond donors (Lipinski definition) is 1. The molecule has 0 radical (unpaired) electrons. The summed E-state index contributed by atoms with van der Waals surface area (Å²) in [6.07, 6.45) is 1.43. The molecule has 0 saturated carbocycles. The molecule has 6 nitrogen and oxygen atoms in total. The second-order valence-corrected chi connectivity index (χ2v) is 5.51. The standard InChI is InChI=1S/C16H15N3O3S/c1-2-21-12-5-3-11(4-6-12)19-14(20)9-22-15-13-7-8-23-16(13)18-10-17-15/h3-8,10H,2,9H2,1H3,(H,19,20). The molecule has 0 atom stereocenters. The molecule has 0 saturated heterocycles. The topological polar surface area (TPSA) is 73.3 Å². The number of amides is 1. The molecule has 3 rings (SSSR count). The molecule has 0 spiro atoms. The third kappa shape index (κ3) is 3.75. The molecule has 3 aromatic rings. The predicted molar refractivity (Wildman–Crippen MR) is 89.2 cm³/mol. The number of hydrogen-bond acceptors (Lipinski definition) is 6. The van der Waals surface area contributed by atoms with E-state index in [0.29, 0.717) is 18.2 Å². The fourth-order valence-corrected chi connectivity index (χ4v) is 2.74. The van der Waals surface area contributed by atoms with Crippen LogP contribution in [-0.2, 0) is 4.79 Å². The summed E-state index contributed by atoms with van der Waals surface area (Å²) in [5.41, 5.74) is 0.686. The van der Waals surface area contributed by atoms with Crippen LogP contribution in [0, 0.1) is 0 Å². The van der Waals surface area contributed by atoms with Gasteiger partial charge in [-0.3, -0.25) is 4.79 Å². The number of anilines is 1. The minimum absolute atomic E-state index is 0.116. The predicted octanol–water partition coefficient (Wildman–Crippen LogP) is 3.11. The third-order valence-corrected chi connectivity index (χ3v) is 3.83. The lowest BCUT2D eigenvalue weighted by atomic mass is 10.3. The summed E-state index contributed by atoms with van der Waals surface area (Å²) in [5.74, 6) is 0.928. The van der Waals surface area contributed by atoms with Crippen molar-refractivity contribution in [1.82, 2.24) is 9.97 Å². The highest BCUT2D eigenvalue weighted by Crippen LogP contribution is 2.25. The summed E-state index contributed by atoms with van der Waals surface area (Å²) >= 11 is 1.50. The van der Waals surface area contributed by atoms with Crippen LogP contribution in [0.15, 0.2) is 42.0 Å². The van der Waals surface area contributed by atoms with E-state index in [0.717, 1.165) is 16.0 Å². The summed E-state index contributed by atoms with van der Waals surface area (Å²) in [7, 11) is 0. The maximum absolute atomic E-state index is 12.0. The zero-order valence-corrected chi connectivity index (χ0v) is 13.3. The first-order chi connectivity index (χ1) is 11.3. The van der Waals surface area contributed by atoms with Crippen molar-refractivity contribution < 1.29 is 14.3 Å². The summed E-state index contributed by atoms with van der Waals surface area (Å²) in [5, 5.41) is 5.48. The number of nitrogens with one attached hydrogen (secondary N) is 1. The van der Waals surface area contributed by atoms with Crippen LogP contribution in [0.4, 0.5) is 5.69 Å². The monoisotopic (exact) mass is 329 g/mol. The van der Waals surface area contributed by atoms with Crippen molar-refractivity contribution in [2.24, 2.45) is 0 Å². The van der Waals surface area contributed by atoms with Crippen LogP contribution >= 0.6 is 11.3 Å². The number of ether oxygens (including phenoxy) is 2. The molecule has 1 aromatic carbocycles. The van der Waals surface area contributed by atoms with Crippen molar-refractivity contribution in [3.05, 3.63) is 42.0 Å². The normalized spacial score (nSPS) is 10.5. The highest BCUT2D eigenvalue weighted by Gasteiger charge is 2.09. The van der Waals surface area contributed by atoms with Gasteiger partial charge in [-0.05, 0) is 42.6 Å². The number of rotatable bonds is 6. The van der Waals surface area contributed by atoms with E-state index in [4.69, 9.17) is 9.47 Å². The first-order valence-electron chi connectivity index (χ1n) is 7.10. The molecular formula is C16H15N3O3S. The van der Waals surface area contributed by atoms with Gasteiger partial charge in [0.05, 0.1) is 12.0 Å². The van der Waals surface area contributed by atoms with Crippen LogP contribution in [0.2, 0.25) is 0 Å². The van der Waals surface area contributed by atoms with Crippen LogP contribution < -0.4 is 14.8 Å². The lowest BCUT2D eigenvalue weighted by Gasteiger charge is -2.08. The average Bonchev–Trinajstić information content (AvgIpc) is 3.04. The van der Waals surface area contributed by atoms with Gasteiger partial charge in [0.1, 0.15) is 16.9 Å². The highest BCUT2D eigenvalue weighted by molar-refractivity contribution is 7.16. The number of nitrogens with zero attached hydrogens (tertiary/aromatic N) is 2. The van der Waals surface area contributed by atoms with Crippen LogP contribution in [0.25, 0.3) is 10.2 Å². The van der Waals surface area contributed by atoms with Gasteiger partial charge in [0, 0.05) is 5.69 Å². The van der Waals surface area contributed by atoms with E-state index in [2.05, 4.69) is 15.3 Å². The lowest BCUT2D eigenvalue weighted by molar-refractivity contribution is -0.118. The minimum atomic E-state index is -0.254. The molecule has 0 aliphatic carbocycles. The van der Waals surface area contributed by atoms with Crippen molar-refractivity contribution in [1.29, 1.82) is 0 Å². The molecule has 0 fully saturated rings. The molecule has 0 unspecified atom stereocenters. The quantitative estimate of drug-likeness (QED) is 0.752. The number of carbonyl (C=O) groups is 1. The third-order valence-electron chi connectivity index (χ3n) is 3.01. The number of benzene rings is 1. The smallest absolute Gasteiger partial charge is 0.262 e. The maximum atomic E-state index is 12.0. The minimum Gasteiger partial charge on any atom is -0.494 e. The summed E-state index contributed by atoms with van der Waals surface area (Å²) < 4.78 is 10.8. The van der Waals surface area contributed by atoms with E-state index in [1.807, 2.05) is 18.4 Å². The molecule has 2 heterocycles. The van der Waals surface area contributed by atoms with E-state index in [1.54, 1.807) is 24.3 Å². The molecule has 1 amide bonds. The fraction of sp³-hybridized carbons (Fsp3) is 0.188. The van der Waals surface area contributed by atoms with Gasteiger partial charge in [-0.1, -0.05) is 0 Å². The lowest BCUT2D eigenvalue weighted by Crippen LogP contribution is -2.20. The van der Waals surface area contributed by atoms with Crippen molar-refractivity contribution in [3.8, 4) is 11.6 Å². The highest BCUT2D eigenvalue weighted by atomic mass is 32.1. The molecular weight excluding hydrogens is 314 g/mol. The van der Waals surface area contributed by atoms with Gasteiger partial charge in [-0.2, -0.15) is 0 Å². The van der Waals surface area contributed by atoms with Gasteiger partial charge < -0.3 is 14.8 Å². The molecule has 23 heavy (non-hydrogen) atoms. The van der Waals surface area contributed by atoms with Gasteiger partial charge in [0.15, 0.2) is 6.61 Å².